The fourth-order valence-corrected chi connectivity index (χ4v) is 2.69. The van der Waals surface area contributed by atoms with Crippen LogP contribution < -0.4 is 5.32 Å². The van der Waals surface area contributed by atoms with Gasteiger partial charge in [0.25, 0.3) is 0 Å². The van der Waals surface area contributed by atoms with Gasteiger partial charge < -0.3 is 5.32 Å². The van der Waals surface area contributed by atoms with Gasteiger partial charge in [-0.05, 0) is 31.0 Å². The predicted octanol–water partition coefficient (Wildman–Crippen LogP) is 4.09. The van der Waals surface area contributed by atoms with Gasteiger partial charge in [-0.15, -0.1) is 10.2 Å². The number of fused-ring (bicyclic) bond motifs is 1. The summed E-state index contributed by atoms with van der Waals surface area (Å²) >= 11 is 0. The summed E-state index contributed by atoms with van der Waals surface area (Å²) in [4.78, 5) is 0. The van der Waals surface area contributed by atoms with Crippen molar-refractivity contribution in [2.75, 3.05) is 12.4 Å². The van der Waals surface area contributed by atoms with Crippen LogP contribution in [0.5, 0.6) is 0 Å². The maximum absolute atomic E-state index is 14.4. The van der Waals surface area contributed by atoms with Crippen LogP contribution in [0.1, 0.15) is 11.1 Å². The average molecular weight is 281 g/mol. The van der Waals surface area contributed by atoms with Crippen molar-refractivity contribution in [1.82, 2.24) is 10.2 Å². The fourth-order valence-electron chi connectivity index (χ4n) is 2.69. The fraction of sp³-hybridized carbons (Fsp3) is 0.176. The first kappa shape index (κ1) is 13.5. The summed E-state index contributed by atoms with van der Waals surface area (Å²) in [5.74, 6) is 0.434. The number of benzene rings is 2. The number of nitrogens with one attached hydrogen (secondary N) is 1. The number of aryl methyl sites for hydroxylation is 2. The van der Waals surface area contributed by atoms with E-state index in [1.54, 1.807) is 7.05 Å². The summed E-state index contributed by atoms with van der Waals surface area (Å²) in [6, 6.07) is 11.3. The van der Waals surface area contributed by atoms with Gasteiger partial charge in [0.2, 0.25) is 0 Å². The molecule has 0 radical (unpaired) electrons. The molecule has 21 heavy (non-hydrogen) atoms. The molecule has 3 rings (SSSR count). The second-order valence-corrected chi connectivity index (χ2v) is 5.13. The zero-order chi connectivity index (χ0) is 15.0. The van der Waals surface area contributed by atoms with Crippen molar-refractivity contribution in [1.29, 1.82) is 0 Å². The van der Waals surface area contributed by atoms with Crippen molar-refractivity contribution in [3.8, 4) is 11.3 Å². The van der Waals surface area contributed by atoms with E-state index in [1.807, 2.05) is 44.2 Å². The summed E-state index contributed by atoms with van der Waals surface area (Å²) in [5, 5.41) is 13.3. The van der Waals surface area contributed by atoms with Gasteiger partial charge in [-0.25, -0.2) is 4.39 Å². The number of aromatic nitrogens is 2. The normalized spacial score (nSPS) is 10.9. The van der Waals surface area contributed by atoms with Crippen molar-refractivity contribution in [3.05, 3.63) is 53.3 Å². The number of rotatable bonds is 2. The third-order valence-corrected chi connectivity index (χ3v) is 3.59. The summed E-state index contributed by atoms with van der Waals surface area (Å²) in [5.41, 5.74) is 2.87. The van der Waals surface area contributed by atoms with Crippen LogP contribution in [0.15, 0.2) is 36.4 Å². The molecule has 1 N–H and O–H groups in total. The van der Waals surface area contributed by atoms with Crippen LogP contribution in [0.4, 0.5) is 10.2 Å². The van der Waals surface area contributed by atoms with E-state index in [0.29, 0.717) is 17.1 Å². The Morgan fingerprint density at radius 1 is 1.00 bits per heavy atom. The molecule has 3 aromatic rings. The zero-order valence-corrected chi connectivity index (χ0v) is 12.2. The molecule has 106 valence electrons. The first-order valence-corrected chi connectivity index (χ1v) is 6.82. The molecule has 1 heterocycles. The third-order valence-electron chi connectivity index (χ3n) is 3.59. The molecule has 0 bridgehead atoms. The van der Waals surface area contributed by atoms with E-state index in [0.717, 1.165) is 21.9 Å². The van der Waals surface area contributed by atoms with Crippen LogP contribution in [-0.2, 0) is 0 Å². The van der Waals surface area contributed by atoms with E-state index in [4.69, 9.17) is 0 Å². The van der Waals surface area contributed by atoms with Gasteiger partial charge >= 0.3 is 0 Å². The van der Waals surface area contributed by atoms with E-state index in [2.05, 4.69) is 15.5 Å². The van der Waals surface area contributed by atoms with Gasteiger partial charge in [0.05, 0.1) is 0 Å². The smallest absolute Gasteiger partial charge is 0.156 e. The molecule has 0 saturated heterocycles. The number of nitrogens with zero attached hydrogens (tertiary/aromatic N) is 2. The quantitative estimate of drug-likeness (QED) is 0.768. The number of hydrogen-bond donors (Lipinski definition) is 1. The lowest BCUT2D eigenvalue weighted by atomic mass is 9.98. The highest BCUT2D eigenvalue weighted by atomic mass is 19.1. The number of halogens is 1. The molecule has 2 aromatic carbocycles. The Morgan fingerprint density at radius 3 is 2.38 bits per heavy atom. The standard InChI is InChI=1S/C17H16FN3/c1-10-8-11(2)15(14(18)9-10)16-12-6-4-5-7-13(12)17(19-3)21-20-16/h4-9H,1-3H3,(H,19,21). The number of hydrogen-bond acceptors (Lipinski definition) is 3. The minimum atomic E-state index is -0.260. The molecular weight excluding hydrogens is 265 g/mol. The highest BCUT2D eigenvalue weighted by molar-refractivity contribution is 6.00. The highest BCUT2D eigenvalue weighted by Gasteiger charge is 2.16. The third kappa shape index (κ3) is 2.23. The average Bonchev–Trinajstić information content (AvgIpc) is 2.46. The molecule has 0 aliphatic rings. The lowest BCUT2D eigenvalue weighted by Crippen LogP contribution is -2.00. The SMILES string of the molecule is CNc1nnc(-c2c(C)cc(C)cc2F)c2ccccc12. The molecule has 0 spiro atoms. The van der Waals surface area contributed by atoms with Gasteiger partial charge in [-0.2, -0.15) is 0 Å². The van der Waals surface area contributed by atoms with Gasteiger partial charge in [0, 0.05) is 23.4 Å². The summed E-state index contributed by atoms with van der Waals surface area (Å²) in [6.07, 6.45) is 0. The van der Waals surface area contributed by atoms with E-state index in [9.17, 15) is 4.39 Å². The van der Waals surface area contributed by atoms with Crippen molar-refractivity contribution < 1.29 is 4.39 Å². The van der Waals surface area contributed by atoms with Crippen LogP contribution in [0.3, 0.4) is 0 Å². The van der Waals surface area contributed by atoms with Gasteiger partial charge in [-0.3, -0.25) is 0 Å². The van der Waals surface area contributed by atoms with E-state index in [-0.39, 0.29) is 5.82 Å². The first-order valence-electron chi connectivity index (χ1n) is 6.82. The van der Waals surface area contributed by atoms with Crippen LogP contribution in [-0.4, -0.2) is 17.2 Å². The minimum absolute atomic E-state index is 0.260. The summed E-state index contributed by atoms with van der Waals surface area (Å²) < 4.78 is 14.4. The topological polar surface area (TPSA) is 37.8 Å². The molecule has 0 amide bonds. The van der Waals surface area contributed by atoms with Gasteiger partial charge in [0.15, 0.2) is 5.82 Å². The predicted molar refractivity (Wildman–Crippen MR) is 84.0 cm³/mol. The molecule has 0 aliphatic carbocycles. The summed E-state index contributed by atoms with van der Waals surface area (Å²) in [6.45, 7) is 3.78. The Balaban J connectivity index is 2.37. The molecule has 0 aliphatic heterocycles. The zero-order valence-electron chi connectivity index (χ0n) is 12.2. The molecule has 4 heteroatoms. The van der Waals surface area contributed by atoms with Crippen LogP contribution in [0.2, 0.25) is 0 Å². The molecule has 0 fully saturated rings. The lowest BCUT2D eigenvalue weighted by Gasteiger charge is -2.12. The molecule has 0 unspecified atom stereocenters. The van der Waals surface area contributed by atoms with E-state index >= 15 is 0 Å². The van der Waals surface area contributed by atoms with Crippen LogP contribution in [0.25, 0.3) is 22.0 Å². The Hall–Kier alpha value is -2.49. The second kappa shape index (κ2) is 5.13. The molecule has 0 saturated carbocycles. The molecule has 1 aromatic heterocycles. The van der Waals surface area contributed by atoms with Crippen molar-refractivity contribution in [2.24, 2.45) is 0 Å². The van der Waals surface area contributed by atoms with E-state index in [1.165, 1.54) is 6.07 Å². The monoisotopic (exact) mass is 281 g/mol. The van der Waals surface area contributed by atoms with Gasteiger partial charge in [-0.1, -0.05) is 30.3 Å². The minimum Gasteiger partial charge on any atom is -0.371 e. The van der Waals surface area contributed by atoms with Crippen LogP contribution >= 0.6 is 0 Å². The van der Waals surface area contributed by atoms with Gasteiger partial charge in [0.1, 0.15) is 11.5 Å². The van der Waals surface area contributed by atoms with Crippen molar-refractivity contribution in [2.45, 2.75) is 13.8 Å². The largest absolute Gasteiger partial charge is 0.371 e. The van der Waals surface area contributed by atoms with Crippen molar-refractivity contribution >= 4 is 16.6 Å². The second-order valence-electron chi connectivity index (χ2n) is 5.13. The Morgan fingerprint density at radius 2 is 1.71 bits per heavy atom. The first-order chi connectivity index (χ1) is 10.1. The maximum Gasteiger partial charge on any atom is 0.156 e. The molecule has 3 nitrogen and oxygen atoms in total. The van der Waals surface area contributed by atoms with Crippen LogP contribution in [0, 0.1) is 19.7 Å². The maximum atomic E-state index is 14.4. The Kier molecular flexibility index (Phi) is 3.29. The van der Waals surface area contributed by atoms with E-state index < -0.39 is 0 Å². The Bertz CT molecular complexity index is 804. The number of anilines is 1. The Labute approximate surface area is 122 Å². The van der Waals surface area contributed by atoms with Crippen molar-refractivity contribution in [3.63, 3.8) is 0 Å². The molecule has 0 atom stereocenters. The lowest BCUT2D eigenvalue weighted by molar-refractivity contribution is 0.628. The summed E-state index contributed by atoms with van der Waals surface area (Å²) in [7, 11) is 1.80. The molecular formula is C17H16FN3. The highest BCUT2D eigenvalue weighted by Crippen LogP contribution is 2.33.